The molecule has 1 saturated carbocycles. The molecule has 0 radical (unpaired) electrons. The molecule has 2 aliphatic heterocycles. The van der Waals surface area contributed by atoms with Gasteiger partial charge in [-0.15, -0.1) is 0 Å². The fraction of sp³-hybridized carbons (Fsp3) is 0.536. The molecule has 10 nitrogen and oxygen atoms in total. The summed E-state index contributed by atoms with van der Waals surface area (Å²) in [7, 11) is 0. The van der Waals surface area contributed by atoms with Crippen LogP contribution in [0.2, 0.25) is 0 Å². The number of carbonyl (C=O) groups excluding carboxylic acids is 1. The zero-order chi connectivity index (χ0) is 26.1. The first-order valence-corrected chi connectivity index (χ1v) is 13.6. The van der Waals surface area contributed by atoms with Gasteiger partial charge in [-0.1, -0.05) is 12.1 Å². The van der Waals surface area contributed by atoms with E-state index < -0.39 is 0 Å². The summed E-state index contributed by atoms with van der Waals surface area (Å²) in [6.07, 6.45) is 9.19. The van der Waals surface area contributed by atoms with Crippen LogP contribution in [0.4, 0.5) is 5.82 Å². The average molecular weight is 521 g/mol. The van der Waals surface area contributed by atoms with Crippen LogP contribution in [0, 0.1) is 5.92 Å². The predicted octanol–water partition coefficient (Wildman–Crippen LogP) is 2.77. The molecule has 202 valence electrons. The van der Waals surface area contributed by atoms with Crippen molar-refractivity contribution in [1.82, 2.24) is 19.4 Å². The Balaban J connectivity index is 1.19. The van der Waals surface area contributed by atoms with E-state index in [2.05, 4.69) is 37.8 Å². The molecule has 4 heterocycles. The Kier molecular flexibility index (Phi) is 7.18. The Bertz CT molecular complexity index is 1280. The van der Waals surface area contributed by atoms with Crippen molar-refractivity contribution in [2.45, 2.75) is 50.3 Å². The van der Waals surface area contributed by atoms with E-state index in [1.54, 1.807) is 0 Å². The third-order valence-corrected chi connectivity index (χ3v) is 8.16. The van der Waals surface area contributed by atoms with E-state index in [1.807, 2.05) is 12.1 Å². The quantitative estimate of drug-likeness (QED) is 0.464. The van der Waals surface area contributed by atoms with E-state index in [-0.39, 0.29) is 18.1 Å². The highest BCUT2D eigenvalue weighted by molar-refractivity contribution is 6.00. The molecular weight excluding hydrogens is 484 g/mol. The topological polar surface area (TPSA) is 131 Å². The molecule has 1 unspecified atom stereocenters. The highest BCUT2D eigenvalue weighted by Gasteiger charge is 2.37. The van der Waals surface area contributed by atoms with E-state index in [9.17, 15) is 4.79 Å². The summed E-state index contributed by atoms with van der Waals surface area (Å²) < 4.78 is 19.6. The molecule has 1 aliphatic carbocycles. The largest absolute Gasteiger partial charge is 0.491 e. The van der Waals surface area contributed by atoms with Gasteiger partial charge in [-0.3, -0.25) is 9.69 Å². The molecular formula is C28H36N6O4. The number of morpholine rings is 1. The number of benzene rings is 1. The van der Waals surface area contributed by atoms with Gasteiger partial charge in [0.1, 0.15) is 36.2 Å². The number of hydrogen-bond acceptors (Lipinski definition) is 8. The lowest BCUT2D eigenvalue weighted by Crippen LogP contribution is -2.54. The van der Waals surface area contributed by atoms with Gasteiger partial charge in [-0.25, -0.2) is 9.97 Å². The normalized spacial score (nSPS) is 26.2. The van der Waals surface area contributed by atoms with Crippen molar-refractivity contribution in [2.75, 3.05) is 45.3 Å². The summed E-state index contributed by atoms with van der Waals surface area (Å²) in [5.41, 5.74) is 14.9. The predicted molar refractivity (Wildman–Crippen MR) is 144 cm³/mol. The van der Waals surface area contributed by atoms with E-state index in [0.717, 1.165) is 73.3 Å². The summed E-state index contributed by atoms with van der Waals surface area (Å²) in [6, 6.07) is 8.08. The summed E-state index contributed by atoms with van der Waals surface area (Å²) in [5, 5.41) is 0.866. The number of nitrogens with zero attached hydrogens (tertiary/aromatic N) is 4. The molecule has 3 aliphatic rings. The molecule has 1 aromatic carbocycles. The van der Waals surface area contributed by atoms with Crippen LogP contribution >= 0.6 is 0 Å². The van der Waals surface area contributed by atoms with Crippen LogP contribution in [0.5, 0.6) is 5.75 Å². The Morgan fingerprint density at radius 1 is 1.18 bits per heavy atom. The van der Waals surface area contributed by atoms with Gasteiger partial charge >= 0.3 is 0 Å². The van der Waals surface area contributed by atoms with Crippen LogP contribution in [-0.4, -0.2) is 77.0 Å². The number of nitrogen functional groups attached to an aromatic ring is 1. The first-order chi connectivity index (χ1) is 18.6. The number of hydrogen-bond donors (Lipinski definition) is 2. The highest BCUT2D eigenvalue weighted by atomic mass is 16.5. The first-order valence-electron chi connectivity index (χ1n) is 13.6. The molecule has 1 amide bonds. The maximum atomic E-state index is 11.9. The van der Waals surface area contributed by atoms with Crippen molar-refractivity contribution in [1.29, 1.82) is 0 Å². The van der Waals surface area contributed by atoms with Crippen molar-refractivity contribution < 1.29 is 19.0 Å². The van der Waals surface area contributed by atoms with Gasteiger partial charge in [-0.2, -0.15) is 0 Å². The lowest BCUT2D eigenvalue weighted by molar-refractivity contribution is -0.130. The molecule has 4 N–H and O–H groups in total. The number of carbonyl (C=O) groups is 1. The molecule has 6 rings (SSSR count). The van der Waals surface area contributed by atoms with Gasteiger partial charge in [0, 0.05) is 37.5 Å². The summed E-state index contributed by atoms with van der Waals surface area (Å²) >= 11 is 0. The van der Waals surface area contributed by atoms with E-state index >= 15 is 0 Å². The molecule has 2 saturated heterocycles. The number of fused-ring (bicyclic) bond motifs is 1. The number of primary amides is 1. The summed E-state index contributed by atoms with van der Waals surface area (Å²) in [5.74, 6) is 1.45. The lowest BCUT2D eigenvalue weighted by atomic mass is 9.79. The van der Waals surface area contributed by atoms with Crippen molar-refractivity contribution in [2.24, 2.45) is 11.7 Å². The lowest BCUT2D eigenvalue weighted by Gasteiger charge is -2.42. The van der Waals surface area contributed by atoms with Gasteiger partial charge in [0.2, 0.25) is 5.91 Å². The Morgan fingerprint density at radius 2 is 2.08 bits per heavy atom. The zero-order valence-corrected chi connectivity index (χ0v) is 21.6. The Morgan fingerprint density at radius 3 is 2.89 bits per heavy atom. The number of aromatic nitrogens is 3. The number of anilines is 1. The monoisotopic (exact) mass is 520 g/mol. The molecule has 3 aromatic rings. The van der Waals surface area contributed by atoms with Crippen LogP contribution in [0.15, 0.2) is 36.8 Å². The summed E-state index contributed by atoms with van der Waals surface area (Å²) in [6.45, 7) is 3.97. The second-order valence-corrected chi connectivity index (χ2v) is 10.7. The molecule has 3 fully saturated rings. The Labute approximate surface area is 222 Å². The zero-order valence-electron chi connectivity index (χ0n) is 21.6. The number of amides is 1. The smallest absolute Gasteiger partial charge is 0.237 e. The van der Waals surface area contributed by atoms with Crippen molar-refractivity contribution >= 4 is 22.8 Å². The van der Waals surface area contributed by atoms with Gasteiger partial charge in [-0.05, 0) is 55.7 Å². The van der Waals surface area contributed by atoms with E-state index in [1.165, 1.54) is 12.7 Å². The standard InChI is InChI=1S/C28H36N6O4/c29-26-25-23(19-4-3-6-21(12-19)38-15-22-5-1-2-8-37-22)14-34(28(25)32-17-31-26)20-10-18(11-20)13-33-7-9-36-16-24(33)27(30)35/h3-4,6,12,14,17-18,20,22,24H,1-2,5,7-11,13,15-16H2,(H2,30,35)(H2,29,31,32)/t18?,20?,22?,24-/m0/s1. The van der Waals surface area contributed by atoms with E-state index in [4.69, 9.17) is 25.7 Å². The second kappa shape index (κ2) is 10.9. The summed E-state index contributed by atoms with van der Waals surface area (Å²) in [4.78, 5) is 22.9. The van der Waals surface area contributed by atoms with Crippen molar-refractivity contribution in [3.8, 4) is 16.9 Å². The number of nitrogens with two attached hydrogens (primary N) is 2. The average Bonchev–Trinajstić information content (AvgIpc) is 3.31. The fourth-order valence-electron chi connectivity index (χ4n) is 6.01. The van der Waals surface area contributed by atoms with Crippen molar-refractivity contribution in [3.05, 3.63) is 36.8 Å². The van der Waals surface area contributed by atoms with Crippen LogP contribution in [0.25, 0.3) is 22.2 Å². The second-order valence-electron chi connectivity index (χ2n) is 10.7. The van der Waals surface area contributed by atoms with Crippen LogP contribution in [0.3, 0.4) is 0 Å². The molecule has 0 bridgehead atoms. The van der Waals surface area contributed by atoms with Crippen LogP contribution in [0.1, 0.15) is 38.1 Å². The highest BCUT2D eigenvalue weighted by Crippen LogP contribution is 2.43. The number of rotatable bonds is 8. The minimum absolute atomic E-state index is 0.153. The van der Waals surface area contributed by atoms with Crippen molar-refractivity contribution in [3.63, 3.8) is 0 Å². The first kappa shape index (κ1) is 25.1. The molecule has 38 heavy (non-hydrogen) atoms. The van der Waals surface area contributed by atoms with Gasteiger partial charge in [0.05, 0.1) is 24.7 Å². The van der Waals surface area contributed by atoms with Gasteiger partial charge in [0.25, 0.3) is 0 Å². The minimum atomic E-state index is -0.339. The van der Waals surface area contributed by atoms with Crippen LogP contribution < -0.4 is 16.2 Å². The fourth-order valence-corrected chi connectivity index (χ4v) is 6.01. The molecule has 10 heteroatoms. The third kappa shape index (κ3) is 5.08. The number of ether oxygens (including phenoxy) is 3. The van der Waals surface area contributed by atoms with E-state index in [0.29, 0.717) is 37.6 Å². The molecule has 0 spiro atoms. The maximum Gasteiger partial charge on any atom is 0.237 e. The molecule has 2 atom stereocenters. The third-order valence-electron chi connectivity index (χ3n) is 8.16. The van der Waals surface area contributed by atoms with Gasteiger partial charge in [0.15, 0.2) is 0 Å². The SMILES string of the molecule is NC(=O)[C@@H]1COCCN1CC1CC(n2cc(-c3cccc(OCC4CCCCO4)c3)c3c(N)ncnc32)C1. The molecule has 2 aromatic heterocycles. The van der Waals surface area contributed by atoms with Gasteiger partial charge < -0.3 is 30.2 Å². The van der Waals surface area contributed by atoms with Crippen LogP contribution in [-0.2, 0) is 14.3 Å². The maximum absolute atomic E-state index is 11.9. The Hall–Kier alpha value is -3.21. The minimum Gasteiger partial charge on any atom is -0.491 e.